The largest absolute Gasteiger partial charge is 0.507 e. The van der Waals surface area contributed by atoms with E-state index in [9.17, 15) is 19.6 Å². The predicted octanol–water partition coefficient (Wildman–Crippen LogP) is 4.68. The zero-order chi connectivity index (χ0) is 21.0. The van der Waals surface area contributed by atoms with Gasteiger partial charge in [0, 0.05) is 17.1 Å². The van der Waals surface area contributed by atoms with Crippen LogP contribution in [0.15, 0.2) is 58.3 Å². The van der Waals surface area contributed by atoms with Crippen LogP contribution in [0.2, 0.25) is 0 Å². The summed E-state index contributed by atoms with van der Waals surface area (Å²) in [7, 11) is 1.21. The number of halogens is 1. The molecule has 2 aromatic carbocycles. The van der Waals surface area contributed by atoms with E-state index < -0.39 is 11.9 Å². The number of amides is 3. The van der Waals surface area contributed by atoms with Crippen LogP contribution in [-0.4, -0.2) is 34.1 Å². The molecule has 0 radical (unpaired) electrons. The number of carbonyl (C=O) groups is 2. The summed E-state index contributed by atoms with van der Waals surface area (Å²) in [5, 5.41) is 18.8. The minimum Gasteiger partial charge on any atom is -0.507 e. The molecule has 1 heterocycles. The molecule has 11 heteroatoms. The van der Waals surface area contributed by atoms with E-state index in [1.54, 1.807) is 30.3 Å². The summed E-state index contributed by atoms with van der Waals surface area (Å²) >= 11 is 4.26. The molecule has 9 nitrogen and oxygen atoms in total. The van der Waals surface area contributed by atoms with Gasteiger partial charge < -0.3 is 5.11 Å². The topological polar surface area (TPSA) is 124 Å². The summed E-state index contributed by atoms with van der Waals surface area (Å²) in [6.45, 7) is 0. The maximum atomic E-state index is 12.5. The molecular weight excluding hydrogens is 462 g/mol. The van der Waals surface area contributed by atoms with Crippen LogP contribution in [0.25, 0.3) is 11.3 Å². The lowest BCUT2D eigenvalue weighted by atomic mass is 10.2. The van der Waals surface area contributed by atoms with Crippen LogP contribution in [0.3, 0.4) is 0 Å². The molecule has 0 saturated carbocycles. The molecule has 3 N–H and O–H groups in total. The zero-order valence-corrected chi connectivity index (χ0v) is 17.3. The van der Waals surface area contributed by atoms with E-state index >= 15 is 0 Å². The molecule has 1 aromatic heterocycles. The van der Waals surface area contributed by atoms with Crippen molar-refractivity contribution >= 4 is 49.3 Å². The standard InChI is InChI=1S/C18H14BrN5O4S/c1-24(23-28)18(27)22-16-14(10-5-3-2-4-6-10)20-17(29-16)21-15(26)12-9-11(19)7-8-13(12)25/h2-9,25H,1H3,(H,22,27)(H,20,21,26). The first kappa shape index (κ1) is 20.4. The van der Waals surface area contributed by atoms with E-state index in [0.29, 0.717) is 25.7 Å². The van der Waals surface area contributed by atoms with Crippen LogP contribution < -0.4 is 10.6 Å². The molecule has 3 rings (SSSR count). The number of rotatable bonds is 5. The fourth-order valence-corrected chi connectivity index (χ4v) is 3.55. The quantitative estimate of drug-likeness (QED) is 0.365. The maximum absolute atomic E-state index is 12.5. The minimum absolute atomic E-state index is 0.0614. The molecule has 148 valence electrons. The van der Waals surface area contributed by atoms with Gasteiger partial charge in [0.05, 0.1) is 10.8 Å². The third kappa shape index (κ3) is 4.76. The highest BCUT2D eigenvalue weighted by atomic mass is 79.9. The number of benzene rings is 2. The Kier molecular flexibility index (Phi) is 6.20. The third-order valence-corrected chi connectivity index (χ3v) is 5.11. The number of aromatic hydroxyl groups is 1. The van der Waals surface area contributed by atoms with Gasteiger partial charge in [0.1, 0.15) is 16.4 Å². The number of hydrogen-bond acceptors (Lipinski definition) is 7. The van der Waals surface area contributed by atoms with Gasteiger partial charge in [-0.15, -0.1) is 4.91 Å². The first-order chi connectivity index (χ1) is 13.9. The van der Waals surface area contributed by atoms with Crippen LogP contribution in [0.4, 0.5) is 14.9 Å². The van der Waals surface area contributed by atoms with Crippen molar-refractivity contribution in [3.8, 4) is 17.0 Å². The number of aromatic nitrogens is 1. The molecule has 0 bridgehead atoms. The van der Waals surface area contributed by atoms with Gasteiger partial charge >= 0.3 is 6.03 Å². The van der Waals surface area contributed by atoms with Crippen LogP contribution in [0, 0.1) is 4.91 Å². The summed E-state index contributed by atoms with van der Waals surface area (Å²) in [5.41, 5.74) is 1.18. The van der Waals surface area contributed by atoms with Gasteiger partial charge in [-0.2, -0.15) is 5.01 Å². The second-order valence-corrected chi connectivity index (χ2v) is 7.63. The van der Waals surface area contributed by atoms with Crippen LogP contribution in [-0.2, 0) is 0 Å². The molecule has 0 spiro atoms. The number of nitrogens with one attached hydrogen (secondary N) is 2. The number of phenolic OH excluding ortho intramolecular Hbond substituents is 1. The Bertz CT molecular complexity index is 1070. The fourth-order valence-electron chi connectivity index (χ4n) is 2.32. The summed E-state index contributed by atoms with van der Waals surface area (Å²) < 4.78 is 0.627. The van der Waals surface area contributed by atoms with Crippen molar-refractivity contribution < 1.29 is 14.7 Å². The first-order valence-corrected chi connectivity index (χ1v) is 9.74. The number of urea groups is 1. The van der Waals surface area contributed by atoms with Crippen molar-refractivity contribution in [2.75, 3.05) is 17.7 Å². The molecule has 0 aliphatic heterocycles. The van der Waals surface area contributed by atoms with Crippen LogP contribution in [0.5, 0.6) is 5.75 Å². The highest BCUT2D eigenvalue weighted by Gasteiger charge is 2.20. The number of phenols is 1. The number of carbonyl (C=O) groups excluding carboxylic acids is 2. The molecule has 0 unspecified atom stereocenters. The van der Waals surface area contributed by atoms with E-state index in [-0.39, 0.29) is 16.4 Å². The normalized spacial score (nSPS) is 10.3. The van der Waals surface area contributed by atoms with E-state index in [1.165, 1.54) is 19.2 Å². The van der Waals surface area contributed by atoms with Crippen molar-refractivity contribution in [2.24, 2.45) is 5.29 Å². The van der Waals surface area contributed by atoms with Crippen molar-refractivity contribution in [3.05, 3.63) is 63.5 Å². The maximum Gasteiger partial charge on any atom is 0.345 e. The summed E-state index contributed by atoms with van der Waals surface area (Å²) in [6.07, 6.45) is 0. The third-order valence-electron chi connectivity index (χ3n) is 3.73. The Morgan fingerprint density at radius 2 is 1.90 bits per heavy atom. The van der Waals surface area contributed by atoms with E-state index in [2.05, 4.69) is 36.8 Å². The number of anilines is 2. The van der Waals surface area contributed by atoms with Gasteiger partial charge in [-0.3, -0.25) is 15.4 Å². The highest BCUT2D eigenvalue weighted by Crippen LogP contribution is 2.36. The van der Waals surface area contributed by atoms with E-state index in [4.69, 9.17) is 0 Å². The lowest BCUT2D eigenvalue weighted by Crippen LogP contribution is -2.26. The fraction of sp³-hybridized carbons (Fsp3) is 0.0556. The van der Waals surface area contributed by atoms with Crippen molar-refractivity contribution in [1.29, 1.82) is 0 Å². The summed E-state index contributed by atoms with van der Waals surface area (Å²) in [4.78, 5) is 39.5. The smallest absolute Gasteiger partial charge is 0.345 e. The van der Waals surface area contributed by atoms with Crippen molar-refractivity contribution in [1.82, 2.24) is 9.99 Å². The highest BCUT2D eigenvalue weighted by molar-refractivity contribution is 9.10. The Morgan fingerprint density at radius 3 is 2.59 bits per heavy atom. The number of hydrogen-bond donors (Lipinski definition) is 3. The lowest BCUT2D eigenvalue weighted by Gasteiger charge is -2.08. The molecule has 3 amide bonds. The Morgan fingerprint density at radius 1 is 1.17 bits per heavy atom. The molecule has 0 aliphatic rings. The van der Waals surface area contributed by atoms with Crippen LogP contribution >= 0.6 is 27.3 Å². The average Bonchev–Trinajstić information content (AvgIpc) is 3.11. The first-order valence-electron chi connectivity index (χ1n) is 8.13. The average molecular weight is 476 g/mol. The Balaban J connectivity index is 1.93. The second-order valence-electron chi connectivity index (χ2n) is 5.71. The second kappa shape index (κ2) is 8.80. The van der Waals surface area contributed by atoms with Crippen LogP contribution in [0.1, 0.15) is 10.4 Å². The molecule has 0 atom stereocenters. The lowest BCUT2D eigenvalue weighted by molar-refractivity contribution is 0.102. The van der Waals surface area contributed by atoms with Gasteiger partial charge in [-0.1, -0.05) is 57.6 Å². The van der Waals surface area contributed by atoms with E-state index in [1.807, 2.05) is 6.07 Å². The predicted molar refractivity (Wildman–Crippen MR) is 114 cm³/mol. The minimum atomic E-state index is -0.747. The molecule has 0 aliphatic carbocycles. The molecule has 0 saturated heterocycles. The van der Waals surface area contributed by atoms with Gasteiger partial charge in [-0.25, -0.2) is 9.78 Å². The van der Waals surface area contributed by atoms with Gasteiger partial charge in [0.2, 0.25) is 0 Å². The van der Waals surface area contributed by atoms with Gasteiger partial charge in [-0.05, 0) is 18.2 Å². The SMILES string of the molecule is CN(N=O)C(=O)Nc1sc(NC(=O)c2cc(Br)ccc2O)nc1-c1ccccc1. The van der Waals surface area contributed by atoms with Gasteiger partial charge in [0.15, 0.2) is 5.13 Å². The molecular formula is C18H14BrN5O4S. The zero-order valence-electron chi connectivity index (χ0n) is 14.9. The van der Waals surface area contributed by atoms with E-state index in [0.717, 1.165) is 11.3 Å². The Labute approximate surface area is 177 Å². The van der Waals surface area contributed by atoms with Crippen molar-refractivity contribution in [3.63, 3.8) is 0 Å². The number of thiazole rings is 1. The molecule has 29 heavy (non-hydrogen) atoms. The van der Waals surface area contributed by atoms with Crippen molar-refractivity contribution in [2.45, 2.75) is 0 Å². The Hall–Kier alpha value is -3.31. The van der Waals surface area contributed by atoms with Gasteiger partial charge in [0.25, 0.3) is 5.91 Å². The summed E-state index contributed by atoms with van der Waals surface area (Å²) in [6, 6.07) is 12.7. The summed E-state index contributed by atoms with van der Waals surface area (Å²) in [5.74, 6) is -0.750. The monoisotopic (exact) mass is 475 g/mol. The number of nitroso groups, excluding NO2 is 1. The number of nitrogens with zero attached hydrogens (tertiary/aromatic N) is 3. The molecule has 3 aromatic rings. The molecule has 0 fully saturated rings.